The van der Waals surface area contributed by atoms with Gasteiger partial charge in [0.1, 0.15) is 6.29 Å². The van der Waals surface area contributed by atoms with Gasteiger partial charge in [-0.25, -0.2) is 0 Å². The van der Waals surface area contributed by atoms with E-state index in [1.165, 1.54) is 11.1 Å². The van der Waals surface area contributed by atoms with Gasteiger partial charge in [0.2, 0.25) is 0 Å². The number of hydrogen-bond acceptors (Lipinski definition) is 5. The van der Waals surface area contributed by atoms with Crippen molar-refractivity contribution in [2.24, 2.45) is 0 Å². The van der Waals surface area contributed by atoms with Gasteiger partial charge in [0.25, 0.3) is 0 Å². The Balaban J connectivity index is 0.00000136. The number of carbonyl (C=O) groups is 1. The molecule has 0 aliphatic heterocycles. The van der Waals surface area contributed by atoms with Gasteiger partial charge in [-0.3, -0.25) is 4.98 Å². The van der Waals surface area contributed by atoms with Crippen molar-refractivity contribution < 1.29 is 19.4 Å². The van der Waals surface area contributed by atoms with Crippen molar-refractivity contribution >= 4 is 17.2 Å². The quantitative estimate of drug-likeness (QED) is 0.623. The number of rotatable bonds is 7. The smallest absolute Gasteiger partial charge is 0.162 e. The number of carbonyl (C=O) groups excluding carboxylic acids is 1. The lowest BCUT2D eigenvalue weighted by molar-refractivity contribution is -0.107. The molecule has 1 atom stereocenters. The SMILES string of the molecule is CCC(c1cccc(CC=O)c1)c1ccnc2cc(OC)c(OC)cc12.CO. The molecule has 0 aliphatic carbocycles. The van der Waals surface area contributed by atoms with Crippen molar-refractivity contribution in [3.05, 3.63) is 65.4 Å². The van der Waals surface area contributed by atoms with E-state index in [1.54, 1.807) is 14.2 Å². The molecule has 0 aliphatic rings. The topological polar surface area (TPSA) is 68.7 Å². The van der Waals surface area contributed by atoms with Crippen LogP contribution in [-0.2, 0) is 11.2 Å². The molecule has 5 heteroatoms. The van der Waals surface area contributed by atoms with Gasteiger partial charge in [-0.2, -0.15) is 0 Å². The van der Waals surface area contributed by atoms with Crippen LogP contribution in [0.25, 0.3) is 10.9 Å². The highest BCUT2D eigenvalue weighted by molar-refractivity contribution is 5.86. The fourth-order valence-corrected chi connectivity index (χ4v) is 3.47. The fourth-order valence-electron chi connectivity index (χ4n) is 3.47. The molecule has 0 fully saturated rings. The molecule has 0 saturated heterocycles. The number of hydrogen-bond donors (Lipinski definition) is 1. The third-order valence-corrected chi connectivity index (χ3v) is 4.74. The van der Waals surface area contributed by atoms with E-state index < -0.39 is 0 Å². The summed E-state index contributed by atoms with van der Waals surface area (Å²) in [5.41, 5.74) is 4.31. The monoisotopic (exact) mass is 381 g/mol. The minimum atomic E-state index is 0.213. The molecule has 1 heterocycles. The Morgan fingerprint density at radius 3 is 2.43 bits per heavy atom. The highest BCUT2D eigenvalue weighted by Gasteiger charge is 2.18. The zero-order chi connectivity index (χ0) is 20.5. The van der Waals surface area contributed by atoms with Gasteiger partial charge < -0.3 is 19.4 Å². The summed E-state index contributed by atoms with van der Waals surface area (Å²) in [6.07, 6.45) is 4.16. The molecule has 0 saturated carbocycles. The maximum Gasteiger partial charge on any atom is 0.162 e. The number of aldehydes is 1. The van der Waals surface area contributed by atoms with Crippen LogP contribution in [0.1, 0.15) is 36.0 Å². The van der Waals surface area contributed by atoms with E-state index in [-0.39, 0.29) is 5.92 Å². The standard InChI is InChI=1S/C22H23NO3.CH4O/c1-4-17(16-7-5-6-15(12-16)9-11-24)18-8-10-23-20-14-22(26-3)21(25-2)13-19(18)20;1-2/h5-8,10-14,17H,4,9H2,1-3H3;2H,1H3. The number of aromatic nitrogens is 1. The highest BCUT2D eigenvalue weighted by atomic mass is 16.5. The van der Waals surface area contributed by atoms with Crippen molar-refractivity contribution in [1.29, 1.82) is 0 Å². The zero-order valence-electron chi connectivity index (χ0n) is 16.8. The average molecular weight is 381 g/mol. The Kier molecular flexibility index (Phi) is 7.96. The van der Waals surface area contributed by atoms with Crippen LogP contribution in [0.2, 0.25) is 0 Å². The Hall–Kier alpha value is -2.92. The highest BCUT2D eigenvalue weighted by Crippen LogP contribution is 2.37. The van der Waals surface area contributed by atoms with Crippen molar-refractivity contribution in [1.82, 2.24) is 4.98 Å². The van der Waals surface area contributed by atoms with Crippen LogP contribution in [0.4, 0.5) is 0 Å². The number of nitrogens with zero attached hydrogens (tertiary/aromatic N) is 1. The molecule has 1 N–H and O–H groups in total. The molecule has 3 rings (SSSR count). The van der Waals surface area contributed by atoms with E-state index in [0.717, 1.165) is 36.3 Å². The lowest BCUT2D eigenvalue weighted by Gasteiger charge is -2.19. The molecule has 2 aromatic carbocycles. The van der Waals surface area contributed by atoms with Gasteiger partial charge in [0.05, 0.1) is 19.7 Å². The maximum atomic E-state index is 10.9. The third kappa shape index (κ3) is 4.49. The van der Waals surface area contributed by atoms with Crippen LogP contribution in [-0.4, -0.2) is 37.7 Å². The molecule has 3 aromatic rings. The molecule has 0 amide bonds. The molecule has 0 bridgehead atoms. The van der Waals surface area contributed by atoms with Crippen molar-refractivity contribution in [2.45, 2.75) is 25.7 Å². The second-order valence-electron chi connectivity index (χ2n) is 6.20. The van der Waals surface area contributed by atoms with E-state index in [1.807, 2.05) is 30.5 Å². The molecule has 0 spiro atoms. The number of ether oxygens (including phenoxy) is 2. The third-order valence-electron chi connectivity index (χ3n) is 4.74. The van der Waals surface area contributed by atoms with Crippen LogP contribution in [0.3, 0.4) is 0 Å². The molecule has 5 nitrogen and oxygen atoms in total. The van der Waals surface area contributed by atoms with E-state index >= 15 is 0 Å². The first-order chi connectivity index (χ1) is 13.7. The fraction of sp³-hybridized carbons (Fsp3) is 0.304. The Labute approximate surface area is 165 Å². The van der Waals surface area contributed by atoms with E-state index in [9.17, 15) is 4.79 Å². The summed E-state index contributed by atoms with van der Waals surface area (Å²) in [6, 6.07) is 14.2. The molecular formula is C23H27NO4. The Bertz CT molecular complexity index is 924. The zero-order valence-corrected chi connectivity index (χ0v) is 16.8. The lowest BCUT2D eigenvalue weighted by Crippen LogP contribution is -2.03. The van der Waals surface area contributed by atoms with Crippen molar-refractivity contribution in [2.75, 3.05) is 21.3 Å². The Morgan fingerprint density at radius 1 is 1.07 bits per heavy atom. The molecule has 1 unspecified atom stereocenters. The van der Waals surface area contributed by atoms with Crippen LogP contribution in [0.15, 0.2) is 48.7 Å². The molecule has 0 radical (unpaired) electrons. The van der Waals surface area contributed by atoms with Crippen LogP contribution in [0.5, 0.6) is 11.5 Å². The minimum Gasteiger partial charge on any atom is -0.493 e. The molecular weight excluding hydrogens is 354 g/mol. The molecule has 28 heavy (non-hydrogen) atoms. The summed E-state index contributed by atoms with van der Waals surface area (Å²) in [7, 11) is 4.26. The van der Waals surface area contributed by atoms with Crippen LogP contribution in [0, 0.1) is 0 Å². The van der Waals surface area contributed by atoms with E-state index in [2.05, 4.69) is 30.1 Å². The number of aliphatic hydroxyl groups is 1. The first-order valence-corrected chi connectivity index (χ1v) is 9.19. The first-order valence-electron chi connectivity index (χ1n) is 9.19. The summed E-state index contributed by atoms with van der Waals surface area (Å²) in [5.74, 6) is 1.58. The summed E-state index contributed by atoms with van der Waals surface area (Å²) >= 11 is 0. The Morgan fingerprint density at radius 2 is 1.79 bits per heavy atom. The molecule has 148 valence electrons. The van der Waals surface area contributed by atoms with Crippen molar-refractivity contribution in [3.8, 4) is 11.5 Å². The lowest BCUT2D eigenvalue weighted by atomic mass is 9.86. The van der Waals surface area contributed by atoms with Gasteiger partial charge in [-0.15, -0.1) is 0 Å². The van der Waals surface area contributed by atoms with E-state index in [4.69, 9.17) is 14.6 Å². The van der Waals surface area contributed by atoms with Crippen molar-refractivity contribution in [3.63, 3.8) is 0 Å². The van der Waals surface area contributed by atoms with Crippen LogP contribution >= 0.6 is 0 Å². The number of aliphatic hydroxyl groups excluding tert-OH is 1. The van der Waals surface area contributed by atoms with Crippen LogP contribution < -0.4 is 9.47 Å². The van der Waals surface area contributed by atoms with Gasteiger partial charge in [-0.1, -0.05) is 31.2 Å². The summed E-state index contributed by atoms with van der Waals surface area (Å²) in [5, 5.41) is 8.05. The van der Waals surface area contributed by atoms with Gasteiger partial charge >= 0.3 is 0 Å². The summed E-state index contributed by atoms with van der Waals surface area (Å²) < 4.78 is 10.9. The number of fused-ring (bicyclic) bond motifs is 1. The normalized spacial score (nSPS) is 11.3. The van der Waals surface area contributed by atoms with Gasteiger partial charge in [-0.05, 0) is 35.2 Å². The average Bonchev–Trinajstić information content (AvgIpc) is 2.75. The van der Waals surface area contributed by atoms with Gasteiger partial charge in [0.15, 0.2) is 11.5 Å². The number of benzene rings is 2. The number of pyridine rings is 1. The predicted molar refractivity (Wildman–Crippen MR) is 111 cm³/mol. The van der Waals surface area contributed by atoms with Gasteiger partial charge in [0, 0.05) is 37.1 Å². The predicted octanol–water partition coefficient (Wildman–Crippen LogP) is 4.14. The number of methoxy groups -OCH3 is 2. The summed E-state index contributed by atoms with van der Waals surface area (Å²) in [6.45, 7) is 2.17. The second kappa shape index (κ2) is 10.4. The second-order valence-corrected chi connectivity index (χ2v) is 6.20. The summed E-state index contributed by atoms with van der Waals surface area (Å²) in [4.78, 5) is 15.4. The van der Waals surface area contributed by atoms with E-state index in [0.29, 0.717) is 17.9 Å². The first kappa shape index (κ1) is 21.4. The maximum absolute atomic E-state index is 10.9. The molecule has 1 aromatic heterocycles. The largest absolute Gasteiger partial charge is 0.493 e. The minimum absolute atomic E-state index is 0.213.